The van der Waals surface area contributed by atoms with Crippen molar-refractivity contribution in [3.8, 4) is 5.75 Å². The number of ether oxygens (including phenoxy) is 1. The highest BCUT2D eigenvalue weighted by molar-refractivity contribution is 7.89. The molecule has 0 N–H and O–H groups in total. The Hall–Kier alpha value is -2.09. The van der Waals surface area contributed by atoms with Crippen LogP contribution in [0.2, 0.25) is 0 Å². The maximum absolute atomic E-state index is 13.2. The number of nitrogens with zero attached hydrogens (tertiary/aromatic N) is 2. The quantitative estimate of drug-likeness (QED) is 0.781. The predicted octanol–water partition coefficient (Wildman–Crippen LogP) is 2.09. The fourth-order valence-corrected chi connectivity index (χ4v) is 5.50. The number of carbonyl (C=O) groups is 2. The molecule has 0 saturated carbocycles. The molecule has 1 aromatic rings. The average molecular weight is 394 g/mol. The number of carbonyl (C=O) groups excluding carboxylic acids is 2. The van der Waals surface area contributed by atoms with Gasteiger partial charge in [-0.15, -0.1) is 0 Å². The molecular weight excluding hydrogens is 368 g/mol. The van der Waals surface area contributed by atoms with Crippen molar-refractivity contribution >= 4 is 21.8 Å². The third-order valence-electron chi connectivity index (χ3n) is 5.29. The second kappa shape index (κ2) is 7.88. The van der Waals surface area contributed by atoms with Crippen molar-refractivity contribution in [2.24, 2.45) is 0 Å². The maximum atomic E-state index is 13.2. The minimum absolute atomic E-state index is 0.00437. The molecule has 2 fully saturated rings. The van der Waals surface area contributed by atoms with Gasteiger partial charge in [0.05, 0.1) is 12.0 Å². The van der Waals surface area contributed by atoms with E-state index in [1.807, 2.05) is 0 Å². The summed E-state index contributed by atoms with van der Waals surface area (Å²) in [6, 6.07) is 3.52. The topological polar surface area (TPSA) is 84.0 Å². The van der Waals surface area contributed by atoms with Crippen molar-refractivity contribution in [1.82, 2.24) is 9.21 Å². The first kappa shape index (κ1) is 19.7. The molecule has 7 nitrogen and oxygen atoms in total. The van der Waals surface area contributed by atoms with Crippen LogP contribution in [0.5, 0.6) is 5.75 Å². The summed E-state index contributed by atoms with van der Waals surface area (Å²) in [6.07, 6.45) is 4.27. The smallest absolute Gasteiger partial charge is 0.267 e. The van der Waals surface area contributed by atoms with Crippen LogP contribution in [0.15, 0.2) is 23.1 Å². The number of hydrogen-bond donors (Lipinski definition) is 0. The van der Waals surface area contributed by atoms with Crippen LogP contribution in [0.4, 0.5) is 0 Å². The largest absolute Gasteiger partial charge is 0.496 e. The lowest BCUT2D eigenvalue weighted by molar-refractivity contribution is -0.137. The lowest BCUT2D eigenvalue weighted by Crippen LogP contribution is -2.49. The second-order valence-electron chi connectivity index (χ2n) is 7.12. The van der Waals surface area contributed by atoms with Crippen molar-refractivity contribution in [2.45, 2.75) is 56.4 Å². The first-order valence-electron chi connectivity index (χ1n) is 9.37. The summed E-state index contributed by atoms with van der Waals surface area (Å²) < 4.78 is 32.3. The SMILES string of the molecule is COc1ccc(S(=O)(=O)N2C(=O)CC[C@H]2C(=O)N2CCCCCC2)cc1C. The highest BCUT2D eigenvalue weighted by atomic mass is 32.2. The summed E-state index contributed by atoms with van der Waals surface area (Å²) in [7, 11) is -2.59. The molecule has 27 heavy (non-hydrogen) atoms. The summed E-state index contributed by atoms with van der Waals surface area (Å²) in [5.41, 5.74) is 0.653. The van der Waals surface area contributed by atoms with E-state index in [2.05, 4.69) is 0 Å². The number of aryl methyl sites for hydroxylation is 1. The van der Waals surface area contributed by atoms with Crippen LogP contribution in [0.25, 0.3) is 0 Å². The van der Waals surface area contributed by atoms with Crippen molar-refractivity contribution in [3.63, 3.8) is 0 Å². The summed E-state index contributed by atoms with van der Waals surface area (Å²) in [5.74, 6) is -0.202. The minimum atomic E-state index is -4.10. The highest BCUT2D eigenvalue weighted by Gasteiger charge is 2.45. The monoisotopic (exact) mass is 394 g/mol. The Morgan fingerprint density at radius 1 is 1.15 bits per heavy atom. The molecule has 2 amide bonds. The van der Waals surface area contributed by atoms with Gasteiger partial charge in [-0.05, 0) is 49.9 Å². The number of benzene rings is 1. The van der Waals surface area contributed by atoms with E-state index in [9.17, 15) is 18.0 Å². The Bertz CT molecular complexity index is 829. The van der Waals surface area contributed by atoms with Gasteiger partial charge in [0.1, 0.15) is 11.8 Å². The molecule has 3 rings (SSSR count). The Labute approximate surface area is 160 Å². The minimum Gasteiger partial charge on any atom is -0.496 e. The molecule has 148 valence electrons. The van der Waals surface area contributed by atoms with Crippen molar-refractivity contribution in [3.05, 3.63) is 23.8 Å². The average Bonchev–Trinajstić information content (AvgIpc) is 2.86. The Balaban J connectivity index is 1.90. The van der Waals surface area contributed by atoms with Crippen LogP contribution in [0.3, 0.4) is 0 Å². The van der Waals surface area contributed by atoms with Gasteiger partial charge in [-0.1, -0.05) is 12.8 Å². The zero-order chi connectivity index (χ0) is 19.6. The van der Waals surface area contributed by atoms with Crippen LogP contribution in [0, 0.1) is 6.92 Å². The Kier molecular flexibility index (Phi) is 5.74. The molecule has 0 unspecified atom stereocenters. The van der Waals surface area contributed by atoms with E-state index in [4.69, 9.17) is 4.74 Å². The molecule has 1 aromatic carbocycles. The van der Waals surface area contributed by atoms with E-state index in [0.717, 1.165) is 30.0 Å². The first-order valence-corrected chi connectivity index (χ1v) is 10.8. The number of amides is 2. The zero-order valence-electron chi connectivity index (χ0n) is 15.8. The third kappa shape index (κ3) is 3.81. The van der Waals surface area contributed by atoms with Crippen molar-refractivity contribution < 1.29 is 22.7 Å². The molecular formula is C19H26N2O5S. The first-order chi connectivity index (χ1) is 12.9. The number of sulfonamides is 1. The van der Waals surface area contributed by atoms with Crippen LogP contribution in [-0.4, -0.2) is 55.7 Å². The fourth-order valence-electron chi connectivity index (χ4n) is 3.81. The van der Waals surface area contributed by atoms with Gasteiger partial charge in [0.15, 0.2) is 0 Å². The van der Waals surface area contributed by atoms with Gasteiger partial charge in [-0.3, -0.25) is 9.59 Å². The summed E-state index contributed by atoms with van der Waals surface area (Å²) in [4.78, 5) is 27.1. The lowest BCUT2D eigenvalue weighted by atomic mass is 10.2. The number of likely N-dealkylation sites (tertiary alicyclic amines) is 1. The molecule has 8 heteroatoms. The Morgan fingerprint density at radius 2 is 1.81 bits per heavy atom. The van der Waals surface area contributed by atoms with Gasteiger partial charge in [-0.25, -0.2) is 12.7 Å². The van der Waals surface area contributed by atoms with E-state index in [-0.39, 0.29) is 23.6 Å². The molecule has 1 atom stereocenters. The van der Waals surface area contributed by atoms with Crippen molar-refractivity contribution in [2.75, 3.05) is 20.2 Å². The van der Waals surface area contributed by atoms with Crippen LogP contribution < -0.4 is 4.74 Å². The predicted molar refractivity (Wildman–Crippen MR) is 99.8 cm³/mol. The summed E-state index contributed by atoms with van der Waals surface area (Å²) in [5, 5.41) is 0. The second-order valence-corrected chi connectivity index (χ2v) is 8.93. The zero-order valence-corrected chi connectivity index (χ0v) is 16.6. The normalized spacial score (nSPS) is 21.3. The molecule has 2 aliphatic heterocycles. The van der Waals surface area contributed by atoms with Crippen LogP contribution in [-0.2, 0) is 19.6 Å². The van der Waals surface area contributed by atoms with Gasteiger partial charge in [0.25, 0.3) is 10.0 Å². The molecule has 0 bridgehead atoms. The van der Waals surface area contributed by atoms with E-state index in [1.54, 1.807) is 17.9 Å². The molecule has 0 radical (unpaired) electrons. The molecule has 2 aliphatic rings. The maximum Gasteiger partial charge on any atom is 0.267 e. The molecule has 0 aliphatic carbocycles. The van der Waals surface area contributed by atoms with E-state index in [1.165, 1.54) is 19.2 Å². The highest BCUT2D eigenvalue weighted by Crippen LogP contribution is 2.31. The summed E-state index contributed by atoms with van der Waals surface area (Å²) >= 11 is 0. The Morgan fingerprint density at radius 3 is 2.41 bits per heavy atom. The van der Waals surface area contributed by atoms with Gasteiger partial charge in [0.2, 0.25) is 11.8 Å². The van der Waals surface area contributed by atoms with E-state index in [0.29, 0.717) is 24.4 Å². The molecule has 2 heterocycles. The van der Waals surface area contributed by atoms with E-state index >= 15 is 0 Å². The number of rotatable bonds is 4. The van der Waals surface area contributed by atoms with Gasteiger partial charge < -0.3 is 9.64 Å². The fraction of sp³-hybridized carbons (Fsp3) is 0.579. The van der Waals surface area contributed by atoms with Gasteiger partial charge in [-0.2, -0.15) is 0 Å². The lowest BCUT2D eigenvalue weighted by Gasteiger charge is -2.29. The van der Waals surface area contributed by atoms with Crippen LogP contribution in [0.1, 0.15) is 44.1 Å². The third-order valence-corrected chi connectivity index (χ3v) is 7.11. The molecule has 2 saturated heterocycles. The van der Waals surface area contributed by atoms with Gasteiger partial charge >= 0.3 is 0 Å². The van der Waals surface area contributed by atoms with Crippen LogP contribution >= 0.6 is 0 Å². The molecule has 0 spiro atoms. The molecule has 0 aromatic heterocycles. The summed E-state index contributed by atoms with van der Waals surface area (Å²) in [6.45, 7) is 2.99. The number of hydrogen-bond acceptors (Lipinski definition) is 5. The van der Waals surface area contributed by atoms with E-state index < -0.39 is 22.0 Å². The van der Waals surface area contributed by atoms with Gasteiger partial charge in [0, 0.05) is 19.5 Å². The van der Waals surface area contributed by atoms with Crippen molar-refractivity contribution in [1.29, 1.82) is 0 Å². The number of methoxy groups -OCH3 is 1. The standard InChI is InChI=1S/C19H26N2O5S/c1-14-13-15(7-9-17(14)26-2)27(24,25)21-16(8-10-18(21)22)19(23)20-11-5-3-4-6-12-20/h7,9,13,16H,3-6,8,10-12H2,1-2H3/t16-/m0/s1.